The zero-order valence-electron chi connectivity index (χ0n) is 11.3. The first-order valence-electron chi connectivity index (χ1n) is 6.20. The lowest BCUT2D eigenvalue weighted by molar-refractivity contribution is -0.123. The molecule has 3 N–H and O–H groups in total. The number of halogens is 1. The summed E-state index contributed by atoms with van der Waals surface area (Å²) in [5.74, 6) is -0.0248. The van der Waals surface area contributed by atoms with Crippen molar-refractivity contribution in [3.05, 3.63) is 0 Å². The molecule has 0 radical (unpaired) electrons. The molecule has 6 heteroatoms. The zero-order valence-corrected chi connectivity index (χ0v) is 12.2. The summed E-state index contributed by atoms with van der Waals surface area (Å²) in [5.41, 5.74) is -0.214. The van der Waals surface area contributed by atoms with Crippen molar-refractivity contribution in [3.63, 3.8) is 0 Å². The lowest BCUT2D eigenvalue weighted by Gasteiger charge is -2.20. The van der Waals surface area contributed by atoms with Gasteiger partial charge in [0.05, 0.1) is 6.04 Å². The molecular formula is C12H24ClN3O2. The van der Waals surface area contributed by atoms with Crippen molar-refractivity contribution >= 4 is 24.2 Å². The average molecular weight is 278 g/mol. The molecule has 1 rings (SSSR count). The predicted octanol–water partition coefficient (Wildman–Crippen LogP) is 0.581. The van der Waals surface area contributed by atoms with Gasteiger partial charge in [0, 0.05) is 18.5 Å². The van der Waals surface area contributed by atoms with Gasteiger partial charge >= 0.3 is 0 Å². The summed E-state index contributed by atoms with van der Waals surface area (Å²) in [4.78, 5) is 23.1. The molecule has 0 aromatic carbocycles. The maximum Gasteiger partial charge on any atom is 0.237 e. The summed E-state index contributed by atoms with van der Waals surface area (Å²) in [6, 6.07) is -0.0688. The summed E-state index contributed by atoms with van der Waals surface area (Å²) in [7, 11) is 0. The number of carbonyl (C=O) groups excluding carboxylic acids is 2. The van der Waals surface area contributed by atoms with Crippen LogP contribution in [-0.4, -0.2) is 36.5 Å². The van der Waals surface area contributed by atoms with Gasteiger partial charge in [-0.05, 0) is 40.2 Å². The van der Waals surface area contributed by atoms with Crippen LogP contribution < -0.4 is 16.0 Å². The molecule has 0 aliphatic carbocycles. The summed E-state index contributed by atoms with van der Waals surface area (Å²) in [5, 5.41) is 8.76. The van der Waals surface area contributed by atoms with E-state index in [4.69, 9.17) is 0 Å². The minimum absolute atomic E-state index is 0. The second kappa shape index (κ2) is 7.59. The fraction of sp³-hybridized carbons (Fsp3) is 0.833. The van der Waals surface area contributed by atoms with E-state index in [1.54, 1.807) is 0 Å². The van der Waals surface area contributed by atoms with Gasteiger partial charge in [-0.1, -0.05) is 0 Å². The van der Waals surface area contributed by atoms with E-state index >= 15 is 0 Å². The van der Waals surface area contributed by atoms with Gasteiger partial charge in [0.1, 0.15) is 0 Å². The van der Waals surface area contributed by atoms with E-state index in [0.29, 0.717) is 13.0 Å². The first-order valence-corrected chi connectivity index (χ1v) is 6.20. The Bertz CT molecular complexity index is 284. The summed E-state index contributed by atoms with van der Waals surface area (Å²) in [6.07, 6.45) is 2.26. The second-order valence-corrected chi connectivity index (χ2v) is 5.49. The molecule has 106 valence electrons. The SMILES string of the molecule is CC(C)(C)NC(=O)CCNC(=O)C1CCCN1.Cl. The summed E-state index contributed by atoms with van der Waals surface area (Å²) < 4.78 is 0. The lowest BCUT2D eigenvalue weighted by atomic mass is 10.1. The Morgan fingerprint density at radius 2 is 2.00 bits per heavy atom. The van der Waals surface area contributed by atoms with Gasteiger partial charge in [-0.2, -0.15) is 0 Å². The third-order valence-electron chi connectivity index (χ3n) is 2.54. The van der Waals surface area contributed by atoms with Crippen LogP contribution in [0.3, 0.4) is 0 Å². The van der Waals surface area contributed by atoms with E-state index in [0.717, 1.165) is 19.4 Å². The minimum Gasteiger partial charge on any atom is -0.354 e. The Hall–Kier alpha value is -0.810. The molecule has 18 heavy (non-hydrogen) atoms. The molecule has 0 spiro atoms. The van der Waals surface area contributed by atoms with Gasteiger partial charge in [-0.3, -0.25) is 9.59 Å². The quantitative estimate of drug-likeness (QED) is 0.704. The second-order valence-electron chi connectivity index (χ2n) is 5.49. The van der Waals surface area contributed by atoms with Crippen LogP contribution in [0.25, 0.3) is 0 Å². The molecule has 1 aliphatic rings. The van der Waals surface area contributed by atoms with Crippen molar-refractivity contribution in [3.8, 4) is 0 Å². The number of carbonyl (C=O) groups is 2. The van der Waals surface area contributed by atoms with Gasteiger partial charge in [0.25, 0.3) is 0 Å². The highest BCUT2D eigenvalue weighted by Crippen LogP contribution is 2.04. The number of rotatable bonds is 4. The molecular weight excluding hydrogens is 254 g/mol. The Kier molecular flexibility index (Phi) is 7.25. The van der Waals surface area contributed by atoms with Crippen LogP contribution in [0.5, 0.6) is 0 Å². The smallest absolute Gasteiger partial charge is 0.237 e. The third-order valence-corrected chi connectivity index (χ3v) is 2.54. The number of hydrogen-bond donors (Lipinski definition) is 3. The van der Waals surface area contributed by atoms with Gasteiger partial charge in [0.15, 0.2) is 0 Å². The highest BCUT2D eigenvalue weighted by Gasteiger charge is 2.21. The van der Waals surface area contributed by atoms with Crippen molar-refractivity contribution in [2.75, 3.05) is 13.1 Å². The van der Waals surface area contributed by atoms with Crippen LogP contribution in [0.2, 0.25) is 0 Å². The van der Waals surface area contributed by atoms with E-state index in [-0.39, 0.29) is 35.8 Å². The van der Waals surface area contributed by atoms with Gasteiger partial charge in [-0.15, -0.1) is 12.4 Å². The van der Waals surface area contributed by atoms with Crippen LogP contribution >= 0.6 is 12.4 Å². The average Bonchev–Trinajstić information content (AvgIpc) is 2.66. The third kappa shape index (κ3) is 6.81. The molecule has 1 saturated heterocycles. The van der Waals surface area contributed by atoms with Crippen molar-refractivity contribution in [1.29, 1.82) is 0 Å². The summed E-state index contributed by atoms with van der Waals surface area (Å²) >= 11 is 0. The van der Waals surface area contributed by atoms with E-state index in [2.05, 4.69) is 16.0 Å². The number of amides is 2. The molecule has 0 aromatic heterocycles. The zero-order chi connectivity index (χ0) is 12.9. The molecule has 0 aromatic rings. The Morgan fingerprint density at radius 3 is 2.50 bits per heavy atom. The molecule has 1 atom stereocenters. The van der Waals surface area contributed by atoms with Crippen LogP contribution in [0, 0.1) is 0 Å². The molecule has 5 nitrogen and oxygen atoms in total. The molecule has 1 unspecified atom stereocenters. The van der Waals surface area contributed by atoms with E-state index < -0.39 is 0 Å². The molecule has 2 amide bonds. The van der Waals surface area contributed by atoms with Crippen LogP contribution in [-0.2, 0) is 9.59 Å². The Labute approximate surface area is 115 Å². The minimum atomic E-state index is -0.214. The standard InChI is InChI=1S/C12H23N3O2.ClH/c1-12(2,3)15-10(16)6-8-14-11(17)9-5-4-7-13-9;/h9,13H,4-8H2,1-3H3,(H,14,17)(H,15,16);1H. The number of hydrogen-bond acceptors (Lipinski definition) is 3. The van der Waals surface area contributed by atoms with Gasteiger partial charge in [0.2, 0.25) is 11.8 Å². The van der Waals surface area contributed by atoms with E-state index in [1.807, 2.05) is 20.8 Å². The highest BCUT2D eigenvalue weighted by atomic mass is 35.5. The van der Waals surface area contributed by atoms with Crippen molar-refractivity contribution in [2.24, 2.45) is 0 Å². The first-order chi connectivity index (χ1) is 7.88. The molecule has 1 aliphatic heterocycles. The Morgan fingerprint density at radius 1 is 1.33 bits per heavy atom. The lowest BCUT2D eigenvalue weighted by Crippen LogP contribution is -2.44. The predicted molar refractivity (Wildman–Crippen MR) is 73.8 cm³/mol. The fourth-order valence-electron chi connectivity index (χ4n) is 1.81. The van der Waals surface area contributed by atoms with E-state index in [1.165, 1.54) is 0 Å². The van der Waals surface area contributed by atoms with Crippen LogP contribution in [0.1, 0.15) is 40.0 Å². The fourth-order valence-corrected chi connectivity index (χ4v) is 1.81. The largest absolute Gasteiger partial charge is 0.354 e. The maximum atomic E-state index is 11.6. The van der Waals surface area contributed by atoms with Crippen molar-refractivity contribution in [2.45, 2.75) is 51.6 Å². The first kappa shape index (κ1) is 17.2. The van der Waals surface area contributed by atoms with Crippen molar-refractivity contribution in [1.82, 2.24) is 16.0 Å². The Balaban J connectivity index is 0.00000289. The van der Waals surface area contributed by atoms with Gasteiger partial charge < -0.3 is 16.0 Å². The topological polar surface area (TPSA) is 70.2 Å². The van der Waals surface area contributed by atoms with E-state index in [9.17, 15) is 9.59 Å². The molecule has 0 saturated carbocycles. The van der Waals surface area contributed by atoms with Gasteiger partial charge in [-0.25, -0.2) is 0 Å². The summed E-state index contributed by atoms with van der Waals surface area (Å²) in [6.45, 7) is 7.12. The monoisotopic (exact) mass is 277 g/mol. The number of nitrogens with one attached hydrogen (secondary N) is 3. The maximum absolute atomic E-state index is 11.6. The van der Waals surface area contributed by atoms with Crippen molar-refractivity contribution < 1.29 is 9.59 Å². The molecule has 1 heterocycles. The van der Waals surface area contributed by atoms with Crippen LogP contribution in [0.4, 0.5) is 0 Å². The normalized spacial score (nSPS) is 18.9. The highest BCUT2D eigenvalue weighted by molar-refractivity contribution is 5.85. The van der Waals surface area contributed by atoms with Crippen LogP contribution in [0.15, 0.2) is 0 Å². The molecule has 1 fully saturated rings. The molecule has 0 bridgehead atoms.